The fourth-order valence-electron chi connectivity index (χ4n) is 6.98. The van der Waals surface area contributed by atoms with Crippen LogP contribution in [0.15, 0.2) is 18.3 Å². The third kappa shape index (κ3) is 3.79. The number of hydrogen-bond acceptors (Lipinski definition) is 7. The molecular formula is C25H29N3O5S. The van der Waals surface area contributed by atoms with Gasteiger partial charge < -0.3 is 10.4 Å². The van der Waals surface area contributed by atoms with Crippen LogP contribution >= 0.6 is 11.3 Å². The molecule has 1 amide bonds. The lowest BCUT2D eigenvalue weighted by molar-refractivity contribution is -0.386. The van der Waals surface area contributed by atoms with Gasteiger partial charge in [-0.2, -0.15) is 0 Å². The summed E-state index contributed by atoms with van der Waals surface area (Å²) in [7, 11) is 0. The van der Waals surface area contributed by atoms with Gasteiger partial charge in [0.05, 0.1) is 4.92 Å². The topological polar surface area (TPSA) is 122 Å². The zero-order valence-electron chi connectivity index (χ0n) is 19.4. The number of hydrogen-bond donors (Lipinski definition) is 2. The van der Waals surface area contributed by atoms with Crippen LogP contribution < -0.4 is 5.32 Å². The van der Waals surface area contributed by atoms with Gasteiger partial charge in [-0.15, -0.1) is 11.3 Å². The van der Waals surface area contributed by atoms with Crippen LogP contribution in [0.3, 0.4) is 0 Å². The van der Waals surface area contributed by atoms with Gasteiger partial charge in [-0.3, -0.25) is 19.7 Å². The van der Waals surface area contributed by atoms with Crippen LogP contribution in [-0.4, -0.2) is 26.7 Å². The number of ketones is 1. The van der Waals surface area contributed by atoms with Gasteiger partial charge in [-0.05, 0) is 79.9 Å². The summed E-state index contributed by atoms with van der Waals surface area (Å²) in [5, 5.41) is 25.0. The van der Waals surface area contributed by atoms with Crippen molar-refractivity contribution in [2.45, 2.75) is 64.7 Å². The Morgan fingerprint density at radius 1 is 1.38 bits per heavy atom. The number of carbonyl (C=O) groups is 2. The number of nitro benzene ring substituents is 1. The number of nitro groups is 1. The van der Waals surface area contributed by atoms with Gasteiger partial charge >= 0.3 is 5.69 Å². The third-order valence-electron chi connectivity index (χ3n) is 8.47. The Labute approximate surface area is 201 Å². The first-order valence-electron chi connectivity index (χ1n) is 11.9. The number of thiazole rings is 1. The van der Waals surface area contributed by atoms with Crippen LogP contribution in [0.1, 0.15) is 67.4 Å². The quantitative estimate of drug-likeness (QED) is 0.449. The molecule has 1 aromatic heterocycles. The first-order valence-corrected chi connectivity index (χ1v) is 12.7. The summed E-state index contributed by atoms with van der Waals surface area (Å²) in [4.78, 5) is 41.9. The number of phenolic OH excluding ortho intramolecular Hbond substituents is 1. The molecule has 5 atom stereocenters. The number of aryl methyl sites for hydroxylation is 2. The largest absolute Gasteiger partial charge is 0.502 e. The zero-order valence-corrected chi connectivity index (χ0v) is 20.2. The van der Waals surface area contributed by atoms with E-state index in [4.69, 9.17) is 0 Å². The van der Waals surface area contributed by atoms with Crippen LogP contribution in [-0.2, 0) is 16.0 Å². The van der Waals surface area contributed by atoms with E-state index in [0.717, 1.165) is 41.7 Å². The average molecular weight is 484 g/mol. The van der Waals surface area contributed by atoms with E-state index in [2.05, 4.69) is 17.2 Å². The second kappa shape index (κ2) is 8.45. The lowest BCUT2D eigenvalue weighted by Crippen LogP contribution is -2.44. The van der Waals surface area contributed by atoms with E-state index in [1.54, 1.807) is 18.3 Å². The maximum Gasteiger partial charge on any atom is 0.310 e. The van der Waals surface area contributed by atoms with E-state index in [1.165, 1.54) is 11.3 Å². The Kier molecular flexibility index (Phi) is 5.70. The third-order valence-corrected chi connectivity index (χ3v) is 9.30. The van der Waals surface area contributed by atoms with Gasteiger partial charge in [0, 0.05) is 35.4 Å². The van der Waals surface area contributed by atoms with E-state index in [9.17, 15) is 24.8 Å². The van der Waals surface area contributed by atoms with E-state index in [-0.39, 0.29) is 41.0 Å². The molecule has 5 rings (SSSR count). The summed E-state index contributed by atoms with van der Waals surface area (Å²) < 4.78 is 0. The normalized spacial score (nSPS) is 29.8. The van der Waals surface area contributed by atoms with Crippen molar-refractivity contribution in [1.82, 2.24) is 4.98 Å². The first-order chi connectivity index (χ1) is 16.2. The van der Waals surface area contributed by atoms with Gasteiger partial charge in [0.2, 0.25) is 5.91 Å². The van der Waals surface area contributed by atoms with E-state index >= 15 is 0 Å². The van der Waals surface area contributed by atoms with Gasteiger partial charge in [-0.25, -0.2) is 4.98 Å². The highest BCUT2D eigenvalue weighted by Gasteiger charge is 2.58. The number of fused-ring (bicyclic) bond motifs is 5. The standard InChI is InChI=1S/C25H29N3O5S/c1-13-12-26-24(34-13)27-22(31)6-4-15-10-21(30)25(2)8-7-16-17(23(15)25)5-3-14-9-20(29)19(28(32)33)11-18(14)16/h9,11-12,15-17,23,29H,3-8,10H2,1-2H3,(H,26,27,31)/t15-,16?,17?,23?,25-/m1/s1. The van der Waals surface area contributed by atoms with Crippen molar-refractivity contribution >= 4 is 33.8 Å². The molecule has 9 heteroatoms. The van der Waals surface area contributed by atoms with Crippen molar-refractivity contribution in [3.05, 3.63) is 44.4 Å². The molecule has 34 heavy (non-hydrogen) atoms. The minimum Gasteiger partial charge on any atom is -0.502 e. The number of anilines is 1. The van der Waals surface area contributed by atoms with Crippen molar-refractivity contribution in [2.24, 2.45) is 23.2 Å². The van der Waals surface area contributed by atoms with Crippen LogP contribution in [0.4, 0.5) is 10.8 Å². The van der Waals surface area contributed by atoms with Gasteiger partial charge in [-0.1, -0.05) is 6.92 Å². The zero-order chi connectivity index (χ0) is 24.2. The van der Waals surface area contributed by atoms with Gasteiger partial charge in [0.25, 0.3) is 0 Å². The summed E-state index contributed by atoms with van der Waals surface area (Å²) in [6.45, 7) is 4.03. The average Bonchev–Trinajstić information content (AvgIpc) is 3.30. The highest BCUT2D eigenvalue weighted by atomic mass is 32.1. The van der Waals surface area contributed by atoms with Crippen molar-refractivity contribution < 1.29 is 19.6 Å². The number of amides is 1. The Morgan fingerprint density at radius 3 is 2.88 bits per heavy atom. The summed E-state index contributed by atoms with van der Waals surface area (Å²) in [5.41, 5.74) is 1.29. The van der Waals surface area contributed by atoms with Gasteiger partial charge in [0.15, 0.2) is 10.9 Å². The molecule has 1 aromatic carbocycles. The number of rotatable bonds is 5. The molecule has 2 fully saturated rings. The van der Waals surface area contributed by atoms with Crippen molar-refractivity contribution in [3.63, 3.8) is 0 Å². The fraction of sp³-hybridized carbons (Fsp3) is 0.560. The molecule has 3 aliphatic rings. The number of aromatic hydroxyl groups is 1. The highest BCUT2D eigenvalue weighted by Crippen LogP contribution is 2.62. The van der Waals surface area contributed by atoms with Crippen molar-refractivity contribution in [3.8, 4) is 5.75 Å². The number of aromatic nitrogens is 1. The number of carbonyl (C=O) groups excluding carboxylic acids is 2. The molecule has 2 N–H and O–H groups in total. The molecule has 0 spiro atoms. The summed E-state index contributed by atoms with van der Waals surface area (Å²) in [5.74, 6) is 0.607. The van der Waals surface area contributed by atoms with Gasteiger partial charge in [0.1, 0.15) is 5.78 Å². The van der Waals surface area contributed by atoms with E-state index in [1.807, 2.05) is 6.92 Å². The molecular weight excluding hydrogens is 454 g/mol. The number of nitrogens with one attached hydrogen (secondary N) is 1. The van der Waals surface area contributed by atoms with E-state index in [0.29, 0.717) is 30.2 Å². The molecule has 0 saturated heterocycles. The number of Topliss-reactive ketones (excluding diaryl/α,β-unsaturated/α-hetero) is 1. The smallest absolute Gasteiger partial charge is 0.310 e. The Bertz CT molecular complexity index is 1180. The summed E-state index contributed by atoms with van der Waals surface area (Å²) >= 11 is 1.44. The monoisotopic (exact) mass is 483 g/mol. The molecule has 3 aliphatic carbocycles. The molecule has 8 nitrogen and oxygen atoms in total. The number of phenols is 1. The van der Waals surface area contributed by atoms with Crippen molar-refractivity contribution in [1.29, 1.82) is 0 Å². The predicted molar refractivity (Wildman–Crippen MR) is 128 cm³/mol. The minimum absolute atomic E-state index is 0.0807. The number of benzene rings is 1. The molecule has 180 valence electrons. The lowest BCUT2D eigenvalue weighted by Gasteiger charge is -2.49. The lowest BCUT2D eigenvalue weighted by atomic mass is 9.54. The SMILES string of the molecule is Cc1cnc(NC(=O)CC[C@@H]2CC(=O)[C@@]3(C)CCC4c5cc([N+](=O)[O-])c(O)cc5CCC4C23)s1. The number of nitrogens with zero attached hydrogens (tertiary/aromatic N) is 2. The van der Waals surface area contributed by atoms with Crippen LogP contribution in [0.2, 0.25) is 0 Å². The van der Waals surface area contributed by atoms with Crippen LogP contribution in [0.5, 0.6) is 5.75 Å². The Morgan fingerprint density at radius 2 is 2.18 bits per heavy atom. The minimum atomic E-state index is -0.531. The second-order valence-electron chi connectivity index (χ2n) is 10.3. The second-order valence-corrected chi connectivity index (χ2v) is 11.6. The molecule has 2 aromatic rings. The van der Waals surface area contributed by atoms with Crippen LogP contribution in [0, 0.1) is 40.2 Å². The molecule has 0 radical (unpaired) electrons. The summed E-state index contributed by atoms with van der Waals surface area (Å²) in [6.07, 6.45) is 6.42. The fourth-order valence-corrected chi connectivity index (χ4v) is 7.66. The predicted octanol–water partition coefficient (Wildman–Crippen LogP) is 5.14. The Balaban J connectivity index is 1.37. The maximum atomic E-state index is 13.2. The highest BCUT2D eigenvalue weighted by molar-refractivity contribution is 7.15. The van der Waals surface area contributed by atoms with Crippen molar-refractivity contribution in [2.75, 3.05) is 5.32 Å². The Hall–Kier alpha value is -2.81. The summed E-state index contributed by atoms with van der Waals surface area (Å²) in [6, 6.07) is 3.11. The molecule has 3 unspecified atom stereocenters. The maximum absolute atomic E-state index is 13.2. The first kappa shape index (κ1) is 23.0. The molecule has 0 aliphatic heterocycles. The van der Waals surface area contributed by atoms with Crippen LogP contribution in [0.25, 0.3) is 0 Å². The molecule has 2 saturated carbocycles. The molecule has 1 heterocycles. The van der Waals surface area contributed by atoms with E-state index < -0.39 is 10.3 Å². The molecule has 0 bridgehead atoms.